The summed E-state index contributed by atoms with van der Waals surface area (Å²) in [6, 6.07) is 5.50. The highest BCUT2D eigenvalue weighted by Gasteiger charge is 2.28. The van der Waals surface area contributed by atoms with Crippen LogP contribution in [0.2, 0.25) is 0 Å². The molecule has 0 radical (unpaired) electrons. The summed E-state index contributed by atoms with van der Waals surface area (Å²) in [5, 5.41) is 15.4. The molecule has 0 spiro atoms. The SMILES string of the molecule is CN1CCC(=O)Nc2cc(C(=O)NC[C@@H]3C[C@@H](O)CN3C)ccc21. The van der Waals surface area contributed by atoms with Gasteiger partial charge in [-0.05, 0) is 31.7 Å². The second-order valence-corrected chi connectivity index (χ2v) is 6.64. The van der Waals surface area contributed by atoms with E-state index in [0.717, 1.165) is 5.69 Å². The molecule has 24 heavy (non-hydrogen) atoms. The van der Waals surface area contributed by atoms with E-state index in [1.165, 1.54) is 0 Å². The fraction of sp³-hybridized carbons (Fsp3) is 0.529. The number of carbonyl (C=O) groups is 2. The minimum Gasteiger partial charge on any atom is -0.392 e. The molecule has 0 aliphatic carbocycles. The van der Waals surface area contributed by atoms with Gasteiger partial charge in [-0.2, -0.15) is 0 Å². The van der Waals surface area contributed by atoms with Crippen molar-refractivity contribution >= 4 is 23.2 Å². The van der Waals surface area contributed by atoms with Crippen LogP contribution in [0.15, 0.2) is 18.2 Å². The molecule has 0 aromatic heterocycles. The number of anilines is 2. The number of β-amino-alcohol motifs (C(OH)–C–C–N with tert-alkyl or cyclic N) is 1. The fourth-order valence-corrected chi connectivity index (χ4v) is 3.31. The molecule has 1 aromatic carbocycles. The Morgan fingerprint density at radius 1 is 1.42 bits per heavy atom. The third-order valence-electron chi connectivity index (χ3n) is 4.78. The number of nitrogens with one attached hydrogen (secondary N) is 2. The summed E-state index contributed by atoms with van der Waals surface area (Å²) in [5.74, 6) is -0.214. The number of hydrogen-bond acceptors (Lipinski definition) is 5. The first-order valence-electron chi connectivity index (χ1n) is 8.25. The van der Waals surface area contributed by atoms with Crippen molar-refractivity contribution in [3.8, 4) is 0 Å². The molecule has 2 aliphatic rings. The van der Waals surface area contributed by atoms with Gasteiger partial charge < -0.3 is 20.6 Å². The van der Waals surface area contributed by atoms with Gasteiger partial charge in [-0.1, -0.05) is 0 Å². The summed E-state index contributed by atoms with van der Waals surface area (Å²) >= 11 is 0. The topological polar surface area (TPSA) is 84.9 Å². The number of hydrogen-bond donors (Lipinski definition) is 3. The molecule has 0 unspecified atom stereocenters. The van der Waals surface area contributed by atoms with Crippen LogP contribution in [0.3, 0.4) is 0 Å². The van der Waals surface area contributed by atoms with Crippen molar-refractivity contribution in [1.29, 1.82) is 0 Å². The summed E-state index contributed by atoms with van der Waals surface area (Å²) in [6.07, 6.45) is 0.778. The Morgan fingerprint density at radius 3 is 2.92 bits per heavy atom. The van der Waals surface area contributed by atoms with Crippen molar-refractivity contribution in [2.75, 3.05) is 43.9 Å². The van der Waals surface area contributed by atoms with Crippen LogP contribution in [0, 0.1) is 0 Å². The zero-order valence-corrected chi connectivity index (χ0v) is 14.1. The number of fused-ring (bicyclic) bond motifs is 1. The molecule has 1 aromatic rings. The van der Waals surface area contributed by atoms with E-state index in [1.807, 2.05) is 25.1 Å². The smallest absolute Gasteiger partial charge is 0.251 e. The number of likely N-dealkylation sites (tertiary alicyclic amines) is 1. The van der Waals surface area contributed by atoms with Gasteiger partial charge in [0, 0.05) is 44.7 Å². The highest BCUT2D eigenvalue weighted by molar-refractivity contribution is 6.00. The maximum absolute atomic E-state index is 12.4. The van der Waals surface area contributed by atoms with Crippen LogP contribution in [0.1, 0.15) is 23.2 Å². The van der Waals surface area contributed by atoms with Crippen LogP contribution < -0.4 is 15.5 Å². The van der Waals surface area contributed by atoms with Crippen molar-refractivity contribution in [3.05, 3.63) is 23.8 Å². The molecular weight excluding hydrogens is 308 g/mol. The summed E-state index contributed by atoms with van der Waals surface area (Å²) < 4.78 is 0. The lowest BCUT2D eigenvalue weighted by atomic mass is 10.1. The van der Waals surface area contributed by atoms with Crippen LogP contribution in [-0.2, 0) is 4.79 Å². The molecule has 7 nitrogen and oxygen atoms in total. The van der Waals surface area contributed by atoms with E-state index in [2.05, 4.69) is 15.5 Å². The van der Waals surface area contributed by atoms with Crippen molar-refractivity contribution in [2.24, 2.45) is 0 Å². The number of aliphatic hydroxyl groups excluding tert-OH is 1. The lowest BCUT2D eigenvalue weighted by molar-refractivity contribution is -0.115. The number of amides is 2. The predicted molar refractivity (Wildman–Crippen MR) is 92.3 cm³/mol. The lowest BCUT2D eigenvalue weighted by Gasteiger charge is -2.20. The molecule has 2 heterocycles. The number of likely N-dealkylation sites (N-methyl/N-ethyl adjacent to an activating group) is 1. The normalized spacial score (nSPS) is 24.3. The largest absolute Gasteiger partial charge is 0.392 e. The van der Waals surface area contributed by atoms with Gasteiger partial charge in [0.1, 0.15) is 0 Å². The monoisotopic (exact) mass is 332 g/mol. The summed E-state index contributed by atoms with van der Waals surface area (Å²) in [5.41, 5.74) is 2.10. The van der Waals surface area contributed by atoms with Crippen LogP contribution in [-0.4, -0.2) is 67.7 Å². The van der Waals surface area contributed by atoms with Crippen molar-refractivity contribution in [3.63, 3.8) is 0 Å². The first kappa shape index (κ1) is 16.7. The number of benzene rings is 1. The predicted octanol–water partition coefficient (Wildman–Crippen LogP) is 0.260. The van der Waals surface area contributed by atoms with Gasteiger partial charge in [-0.15, -0.1) is 0 Å². The lowest BCUT2D eigenvalue weighted by Crippen LogP contribution is -2.38. The third-order valence-corrected chi connectivity index (χ3v) is 4.78. The maximum Gasteiger partial charge on any atom is 0.251 e. The van der Waals surface area contributed by atoms with Crippen molar-refractivity contribution < 1.29 is 14.7 Å². The first-order chi connectivity index (χ1) is 11.4. The molecule has 1 saturated heterocycles. The molecular formula is C17H24N4O3. The summed E-state index contributed by atoms with van der Waals surface area (Å²) in [6.45, 7) is 1.79. The Labute approximate surface area is 141 Å². The second-order valence-electron chi connectivity index (χ2n) is 6.64. The van der Waals surface area contributed by atoms with Crippen molar-refractivity contribution in [1.82, 2.24) is 10.2 Å². The van der Waals surface area contributed by atoms with E-state index in [4.69, 9.17) is 0 Å². The first-order valence-corrected chi connectivity index (χ1v) is 8.25. The van der Waals surface area contributed by atoms with Crippen LogP contribution in [0.25, 0.3) is 0 Å². The van der Waals surface area contributed by atoms with E-state index in [9.17, 15) is 14.7 Å². The van der Waals surface area contributed by atoms with Crippen molar-refractivity contribution in [2.45, 2.75) is 25.0 Å². The van der Waals surface area contributed by atoms with Gasteiger partial charge in [-0.25, -0.2) is 0 Å². The van der Waals surface area contributed by atoms with Gasteiger partial charge in [0.05, 0.1) is 17.5 Å². The minimum absolute atomic E-state index is 0.0419. The molecule has 0 bridgehead atoms. The van der Waals surface area contributed by atoms with Gasteiger partial charge in [-0.3, -0.25) is 14.5 Å². The Kier molecular flexibility index (Phi) is 4.73. The molecule has 130 valence electrons. The second kappa shape index (κ2) is 6.78. The molecule has 0 saturated carbocycles. The summed E-state index contributed by atoms with van der Waals surface area (Å²) in [7, 11) is 3.88. The molecule has 3 rings (SSSR count). The average Bonchev–Trinajstić information content (AvgIpc) is 2.79. The van der Waals surface area contributed by atoms with Crippen LogP contribution in [0.4, 0.5) is 11.4 Å². The third kappa shape index (κ3) is 3.52. The standard InChI is InChI=1S/C17H24N4O3/c1-20-6-5-16(23)19-14-7-11(3-4-15(14)20)17(24)18-9-12-8-13(22)10-21(12)2/h3-4,7,12-13,22H,5-6,8-10H2,1-2H3,(H,18,24)(H,19,23)/t12-,13+/m0/s1. The molecule has 7 heteroatoms. The molecule has 2 aliphatic heterocycles. The Bertz CT molecular complexity index is 649. The maximum atomic E-state index is 12.4. The highest BCUT2D eigenvalue weighted by atomic mass is 16.3. The quantitative estimate of drug-likeness (QED) is 0.739. The number of rotatable bonds is 3. The Hall–Kier alpha value is -2.12. The Morgan fingerprint density at radius 2 is 2.21 bits per heavy atom. The zero-order chi connectivity index (χ0) is 17.3. The van der Waals surface area contributed by atoms with Gasteiger partial charge in [0.15, 0.2) is 0 Å². The van der Waals surface area contributed by atoms with Crippen LogP contribution in [0.5, 0.6) is 0 Å². The number of aliphatic hydroxyl groups is 1. The van der Waals surface area contributed by atoms with E-state index >= 15 is 0 Å². The Balaban J connectivity index is 1.68. The molecule has 2 atom stereocenters. The van der Waals surface area contributed by atoms with Gasteiger partial charge >= 0.3 is 0 Å². The zero-order valence-electron chi connectivity index (χ0n) is 14.1. The number of nitrogens with zero attached hydrogens (tertiary/aromatic N) is 2. The highest BCUT2D eigenvalue weighted by Crippen LogP contribution is 2.28. The van der Waals surface area contributed by atoms with E-state index in [0.29, 0.717) is 43.7 Å². The molecule has 3 N–H and O–H groups in total. The molecule has 2 amide bonds. The molecule has 1 fully saturated rings. The van der Waals surface area contributed by atoms with Gasteiger partial charge in [0.25, 0.3) is 5.91 Å². The van der Waals surface area contributed by atoms with E-state index < -0.39 is 0 Å². The fourth-order valence-electron chi connectivity index (χ4n) is 3.31. The van der Waals surface area contributed by atoms with E-state index in [-0.39, 0.29) is 24.0 Å². The minimum atomic E-state index is -0.324. The summed E-state index contributed by atoms with van der Waals surface area (Å²) in [4.78, 5) is 28.2. The van der Waals surface area contributed by atoms with E-state index in [1.54, 1.807) is 12.1 Å². The average molecular weight is 332 g/mol. The van der Waals surface area contributed by atoms with Gasteiger partial charge in [0.2, 0.25) is 5.91 Å². The number of carbonyl (C=O) groups excluding carboxylic acids is 2. The van der Waals surface area contributed by atoms with Crippen LogP contribution >= 0.6 is 0 Å².